The minimum atomic E-state index is -0.274. The van der Waals surface area contributed by atoms with Gasteiger partial charge < -0.3 is 5.73 Å². The summed E-state index contributed by atoms with van der Waals surface area (Å²) in [7, 11) is 0. The van der Waals surface area contributed by atoms with Gasteiger partial charge >= 0.3 is 0 Å². The second kappa shape index (κ2) is 5.40. The molecule has 2 N–H and O–H groups in total. The summed E-state index contributed by atoms with van der Waals surface area (Å²) in [5.74, 6) is 0. The predicted octanol–water partition coefficient (Wildman–Crippen LogP) is 3.94. The summed E-state index contributed by atoms with van der Waals surface area (Å²) >= 11 is 7.91. The van der Waals surface area contributed by atoms with Crippen molar-refractivity contribution in [3.8, 4) is 5.69 Å². The Balaban J connectivity index is 2.04. The van der Waals surface area contributed by atoms with Crippen LogP contribution in [0.2, 0.25) is 5.02 Å². The van der Waals surface area contributed by atoms with Crippen molar-refractivity contribution < 1.29 is 0 Å². The van der Waals surface area contributed by atoms with Gasteiger partial charge in [0, 0.05) is 11.1 Å². The maximum Gasteiger partial charge on any atom is 0.0836 e. The summed E-state index contributed by atoms with van der Waals surface area (Å²) in [6, 6.07) is 11.6. The Labute approximate surface area is 126 Å². The molecule has 3 aromatic rings. The maximum atomic E-state index is 6.38. The molecule has 3 nitrogen and oxygen atoms in total. The van der Waals surface area contributed by atoms with Crippen LogP contribution in [-0.4, -0.2) is 9.78 Å². The van der Waals surface area contributed by atoms with Crippen molar-refractivity contribution in [3.63, 3.8) is 0 Å². The number of aromatic nitrogens is 2. The van der Waals surface area contributed by atoms with Gasteiger partial charge in [-0.1, -0.05) is 29.8 Å². The van der Waals surface area contributed by atoms with Gasteiger partial charge in [0.15, 0.2) is 0 Å². The van der Waals surface area contributed by atoms with Crippen LogP contribution >= 0.6 is 22.9 Å². The Kier molecular flexibility index (Phi) is 3.61. The van der Waals surface area contributed by atoms with E-state index in [1.54, 1.807) is 17.5 Å². The monoisotopic (exact) mass is 303 g/mol. The first-order valence-corrected chi connectivity index (χ1v) is 7.52. The summed E-state index contributed by atoms with van der Waals surface area (Å²) in [6.45, 7) is 1.99. The molecule has 5 heteroatoms. The summed E-state index contributed by atoms with van der Waals surface area (Å²) in [5, 5.41) is 7.15. The van der Waals surface area contributed by atoms with Gasteiger partial charge in [0.25, 0.3) is 0 Å². The van der Waals surface area contributed by atoms with Crippen molar-refractivity contribution in [2.45, 2.75) is 13.0 Å². The number of rotatable bonds is 3. The van der Waals surface area contributed by atoms with Crippen LogP contribution < -0.4 is 5.73 Å². The average molecular weight is 304 g/mol. The molecule has 1 atom stereocenters. The number of aryl methyl sites for hydroxylation is 1. The van der Waals surface area contributed by atoms with Crippen molar-refractivity contribution in [3.05, 3.63) is 69.1 Å². The fraction of sp³-hybridized carbons (Fsp3) is 0.133. The zero-order valence-corrected chi connectivity index (χ0v) is 12.5. The molecule has 2 heterocycles. The van der Waals surface area contributed by atoms with E-state index in [4.69, 9.17) is 17.3 Å². The van der Waals surface area contributed by atoms with E-state index in [0.717, 1.165) is 26.8 Å². The second-order valence-electron chi connectivity index (χ2n) is 4.58. The Morgan fingerprint density at radius 3 is 2.65 bits per heavy atom. The van der Waals surface area contributed by atoms with Gasteiger partial charge in [-0.25, -0.2) is 4.68 Å². The van der Waals surface area contributed by atoms with E-state index in [0.29, 0.717) is 0 Å². The topological polar surface area (TPSA) is 43.8 Å². The lowest BCUT2D eigenvalue weighted by atomic mass is 10.1. The zero-order valence-electron chi connectivity index (χ0n) is 11.0. The number of para-hydroxylation sites is 1. The first-order chi connectivity index (χ1) is 9.68. The van der Waals surface area contributed by atoms with Gasteiger partial charge in [-0.2, -0.15) is 5.10 Å². The summed E-state index contributed by atoms with van der Waals surface area (Å²) in [5.41, 5.74) is 9.36. The Morgan fingerprint density at radius 1 is 1.25 bits per heavy atom. The molecule has 20 heavy (non-hydrogen) atoms. The van der Waals surface area contributed by atoms with Gasteiger partial charge in [-0.05, 0) is 36.1 Å². The molecular formula is C15H14ClN3S. The molecule has 2 aromatic heterocycles. The van der Waals surface area contributed by atoms with Gasteiger partial charge in [0.2, 0.25) is 0 Å². The van der Waals surface area contributed by atoms with Crippen molar-refractivity contribution in [2.75, 3.05) is 0 Å². The van der Waals surface area contributed by atoms with E-state index < -0.39 is 0 Å². The fourth-order valence-electron chi connectivity index (χ4n) is 2.13. The fourth-order valence-corrected chi connectivity index (χ4v) is 3.45. The van der Waals surface area contributed by atoms with Gasteiger partial charge in [0.1, 0.15) is 0 Å². The smallest absolute Gasteiger partial charge is 0.0836 e. The second-order valence-corrected chi connectivity index (χ2v) is 5.87. The average Bonchev–Trinajstić information content (AvgIpc) is 3.08. The molecule has 0 aliphatic carbocycles. The Hall–Kier alpha value is -1.62. The molecule has 0 saturated carbocycles. The minimum Gasteiger partial charge on any atom is -0.318 e. The molecule has 1 unspecified atom stereocenters. The van der Waals surface area contributed by atoms with Crippen molar-refractivity contribution in [1.29, 1.82) is 0 Å². The number of nitrogens with two attached hydrogens (primary N) is 1. The van der Waals surface area contributed by atoms with Crippen LogP contribution in [0.25, 0.3) is 5.69 Å². The highest BCUT2D eigenvalue weighted by Crippen LogP contribution is 2.34. The third kappa shape index (κ3) is 2.26. The van der Waals surface area contributed by atoms with Crippen molar-refractivity contribution >= 4 is 22.9 Å². The van der Waals surface area contributed by atoms with Crippen LogP contribution in [0.1, 0.15) is 22.2 Å². The third-order valence-electron chi connectivity index (χ3n) is 3.20. The molecule has 0 aliphatic heterocycles. The third-order valence-corrected chi connectivity index (χ3v) is 5.00. The number of thiophene rings is 1. The number of nitrogens with zero attached hydrogens (tertiary/aromatic N) is 2. The molecular weight excluding hydrogens is 290 g/mol. The highest BCUT2D eigenvalue weighted by Gasteiger charge is 2.20. The van der Waals surface area contributed by atoms with E-state index in [2.05, 4.69) is 5.10 Å². The van der Waals surface area contributed by atoms with Crippen LogP contribution in [-0.2, 0) is 0 Å². The van der Waals surface area contributed by atoms with Crippen LogP contribution in [0, 0.1) is 6.92 Å². The summed E-state index contributed by atoms with van der Waals surface area (Å²) in [4.78, 5) is 0.974. The van der Waals surface area contributed by atoms with Crippen LogP contribution in [0.15, 0.2) is 48.0 Å². The van der Waals surface area contributed by atoms with Crippen LogP contribution in [0.3, 0.4) is 0 Å². The van der Waals surface area contributed by atoms with Gasteiger partial charge in [-0.15, -0.1) is 11.3 Å². The lowest BCUT2D eigenvalue weighted by Crippen LogP contribution is -2.16. The molecule has 0 amide bonds. The van der Waals surface area contributed by atoms with E-state index in [1.165, 1.54) is 0 Å². The minimum absolute atomic E-state index is 0.274. The SMILES string of the molecule is Cc1csc(C(N)c2ccnn2-c2ccccc2)c1Cl. The molecule has 0 saturated heterocycles. The number of halogens is 1. The Morgan fingerprint density at radius 2 is 2.00 bits per heavy atom. The standard InChI is InChI=1S/C15H14ClN3S/c1-10-9-20-15(13(10)16)14(17)12-7-8-18-19(12)11-5-3-2-4-6-11/h2-9,14H,17H2,1H3. The van der Waals surface area contributed by atoms with E-state index >= 15 is 0 Å². The molecule has 0 aliphatic rings. The highest BCUT2D eigenvalue weighted by atomic mass is 35.5. The lowest BCUT2D eigenvalue weighted by molar-refractivity contribution is 0.748. The zero-order chi connectivity index (χ0) is 14.1. The van der Waals surface area contributed by atoms with Crippen molar-refractivity contribution in [2.24, 2.45) is 5.73 Å². The number of hydrogen-bond acceptors (Lipinski definition) is 3. The first-order valence-electron chi connectivity index (χ1n) is 6.27. The first kappa shape index (κ1) is 13.4. The van der Waals surface area contributed by atoms with Gasteiger partial charge in [-0.3, -0.25) is 0 Å². The molecule has 3 rings (SSSR count). The van der Waals surface area contributed by atoms with Crippen molar-refractivity contribution in [1.82, 2.24) is 9.78 Å². The number of hydrogen-bond donors (Lipinski definition) is 1. The predicted molar refractivity (Wildman–Crippen MR) is 83.7 cm³/mol. The van der Waals surface area contributed by atoms with E-state index in [-0.39, 0.29) is 6.04 Å². The van der Waals surface area contributed by atoms with Gasteiger partial charge in [0.05, 0.1) is 22.4 Å². The Bertz CT molecular complexity index is 718. The van der Waals surface area contributed by atoms with E-state index in [9.17, 15) is 0 Å². The van der Waals surface area contributed by atoms with Crippen LogP contribution in [0.5, 0.6) is 0 Å². The normalized spacial score (nSPS) is 12.6. The van der Waals surface area contributed by atoms with Crippen LogP contribution in [0.4, 0.5) is 0 Å². The molecule has 0 spiro atoms. The molecule has 102 valence electrons. The summed E-state index contributed by atoms with van der Waals surface area (Å²) in [6.07, 6.45) is 1.76. The molecule has 0 bridgehead atoms. The van der Waals surface area contributed by atoms with E-state index in [1.807, 2.05) is 53.4 Å². The summed E-state index contributed by atoms with van der Waals surface area (Å²) < 4.78 is 1.86. The maximum absolute atomic E-state index is 6.38. The number of benzene rings is 1. The molecule has 0 fully saturated rings. The quantitative estimate of drug-likeness (QED) is 0.796. The largest absolute Gasteiger partial charge is 0.318 e. The molecule has 1 aromatic carbocycles. The lowest BCUT2D eigenvalue weighted by Gasteiger charge is -2.13. The highest BCUT2D eigenvalue weighted by molar-refractivity contribution is 7.10. The molecule has 0 radical (unpaired) electrons.